The number of hydrogen-bond donors (Lipinski definition) is 0. The van der Waals surface area contributed by atoms with E-state index in [4.69, 9.17) is 0 Å². The van der Waals surface area contributed by atoms with E-state index in [9.17, 15) is 14.9 Å². The standard InChI is InChI=1S/C20H23N3O3S2/c1-13-12-27-20(21-13)28-18-9-8-15(11-17(18)23(25)26)19(24)22-10-4-6-14-5-2-3-7-16(14)22/h8-9,11-12,14,16H,2-7,10H2,1H3. The smallest absolute Gasteiger partial charge is 0.284 e. The number of hydrogen-bond acceptors (Lipinski definition) is 6. The summed E-state index contributed by atoms with van der Waals surface area (Å²) < 4.78 is 0.765. The predicted molar refractivity (Wildman–Crippen MR) is 110 cm³/mol. The Kier molecular flexibility index (Phi) is 5.68. The summed E-state index contributed by atoms with van der Waals surface area (Å²) in [5.41, 5.74) is 1.28. The fourth-order valence-corrected chi connectivity index (χ4v) is 6.27. The molecule has 1 aromatic carbocycles. The van der Waals surface area contributed by atoms with Gasteiger partial charge in [0.15, 0.2) is 4.34 Å². The average molecular weight is 418 g/mol. The lowest BCUT2D eigenvalue weighted by Crippen LogP contribution is -2.49. The summed E-state index contributed by atoms with van der Waals surface area (Å²) in [5, 5.41) is 13.6. The van der Waals surface area contributed by atoms with E-state index in [1.807, 2.05) is 17.2 Å². The number of nitro benzene ring substituents is 1. The van der Waals surface area contributed by atoms with Gasteiger partial charge in [-0.25, -0.2) is 4.98 Å². The van der Waals surface area contributed by atoms with Crippen molar-refractivity contribution in [1.82, 2.24) is 9.88 Å². The number of rotatable bonds is 4. The second-order valence-corrected chi connectivity index (χ2v) is 9.70. The highest BCUT2D eigenvalue weighted by Crippen LogP contribution is 2.39. The molecule has 2 fully saturated rings. The zero-order valence-corrected chi connectivity index (χ0v) is 17.4. The van der Waals surface area contributed by atoms with Gasteiger partial charge in [-0.3, -0.25) is 14.9 Å². The first-order valence-corrected chi connectivity index (χ1v) is 11.4. The monoisotopic (exact) mass is 417 g/mol. The summed E-state index contributed by atoms with van der Waals surface area (Å²) in [6.07, 6.45) is 6.86. The Labute approximate surface area is 172 Å². The molecule has 8 heteroatoms. The van der Waals surface area contributed by atoms with Crippen molar-refractivity contribution < 1.29 is 9.72 Å². The second-order valence-electron chi connectivity index (χ2n) is 7.55. The largest absolute Gasteiger partial charge is 0.335 e. The second kappa shape index (κ2) is 8.21. The van der Waals surface area contributed by atoms with E-state index in [-0.39, 0.29) is 11.6 Å². The lowest BCUT2D eigenvalue weighted by atomic mass is 9.78. The van der Waals surface area contributed by atoms with Crippen molar-refractivity contribution in [3.63, 3.8) is 0 Å². The van der Waals surface area contributed by atoms with Gasteiger partial charge in [-0.2, -0.15) is 0 Å². The highest BCUT2D eigenvalue weighted by Gasteiger charge is 2.36. The van der Waals surface area contributed by atoms with Crippen molar-refractivity contribution in [3.8, 4) is 0 Å². The highest BCUT2D eigenvalue weighted by molar-refractivity contribution is 8.01. The van der Waals surface area contributed by atoms with Crippen LogP contribution in [0, 0.1) is 23.0 Å². The molecule has 6 nitrogen and oxygen atoms in total. The maximum absolute atomic E-state index is 13.2. The summed E-state index contributed by atoms with van der Waals surface area (Å²) in [7, 11) is 0. The molecule has 1 saturated carbocycles. The minimum atomic E-state index is -0.404. The van der Waals surface area contributed by atoms with E-state index < -0.39 is 4.92 Å². The Hall–Kier alpha value is -1.93. The van der Waals surface area contributed by atoms with Crippen molar-refractivity contribution in [2.24, 2.45) is 5.92 Å². The molecule has 2 aliphatic rings. The first-order valence-electron chi connectivity index (χ1n) is 9.72. The van der Waals surface area contributed by atoms with Crippen LogP contribution in [0.2, 0.25) is 0 Å². The number of nitro groups is 1. The molecular weight excluding hydrogens is 394 g/mol. The number of nitrogens with zero attached hydrogens (tertiary/aromatic N) is 3. The van der Waals surface area contributed by atoms with Crippen molar-refractivity contribution in [1.29, 1.82) is 0 Å². The molecule has 0 radical (unpaired) electrons. The summed E-state index contributed by atoms with van der Waals surface area (Å²) in [6.45, 7) is 2.65. The van der Waals surface area contributed by atoms with Gasteiger partial charge in [-0.05, 0) is 50.7 Å². The quantitative estimate of drug-likeness (QED) is 0.498. The van der Waals surface area contributed by atoms with E-state index in [2.05, 4.69) is 4.98 Å². The number of carbonyl (C=O) groups excluding carboxylic acids is 1. The average Bonchev–Trinajstić information content (AvgIpc) is 3.11. The Bertz CT molecular complexity index is 897. The summed E-state index contributed by atoms with van der Waals surface area (Å²) in [6, 6.07) is 5.15. The van der Waals surface area contributed by atoms with Crippen LogP contribution < -0.4 is 0 Å². The van der Waals surface area contributed by atoms with Gasteiger partial charge < -0.3 is 4.90 Å². The van der Waals surface area contributed by atoms with E-state index in [1.54, 1.807) is 12.1 Å². The molecule has 4 rings (SSSR count). The Balaban J connectivity index is 1.59. The molecule has 0 N–H and O–H groups in total. The van der Waals surface area contributed by atoms with Crippen LogP contribution in [0.15, 0.2) is 32.8 Å². The Morgan fingerprint density at radius 1 is 1.29 bits per heavy atom. The third-order valence-electron chi connectivity index (χ3n) is 5.70. The molecule has 0 bridgehead atoms. The Morgan fingerprint density at radius 3 is 2.82 bits per heavy atom. The van der Waals surface area contributed by atoms with Gasteiger partial charge >= 0.3 is 0 Å². The minimum absolute atomic E-state index is 0.0269. The predicted octanol–water partition coefficient (Wildman–Crippen LogP) is 5.31. The maximum atomic E-state index is 13.2. The number of thiazole rings is 1. The molecule has 1 aromatic heterocycles. The molecule has 2 heterocycles. The molecule has 148 valence electrons. The van der Waals surface area contributed by atoms with Crippen molar-refractivity contribution in [2.75, 3.05) is 6.54 Å². The molecule has 1 aliphatic carbocycles. The number of aryl methyl sites for hydroxylation is 1. The molecule has 1 saturated heterocycles. The normalized spacial score (nSPS) is 22.0. The number of piperidine rings is 1. The number of carbonyl (C=O) groups is 1. The zero-order chi connectivity index (χ0) is 19.7. The van der Waals surface area contributed by atoms with E-state index >= 15 is 0 Å². The number of likely N-dealkylation sites (tertiary alicyclic amines) is 1. The summed E-state index contributed by atoms with van der Waals surface area (Å²) in [5.74, 6) is 0.519. The van der Waals surface area contributed by atoms with Crippen LogP contribution in [0.1, 0.15) is 54.6 Å². The van der Waals surface area contributed by atoms with Crippen LogP contribution in [0.4, 0.5) is 5.69 Å². The number of aromatic nitrogens is 1. The molecule has 28 heavy (non-hydrogen) atoms. The van der Waals surface area contributed by atoms with Crippen LogP contribution in [-0.4, -0.2) is 33.3 Å². The van der Waals surface area contributed by atoms with Crippen molar-refractivity contribution >= 4 is 34.7 Å². The fraction of sp³-hybridized carbons (Fsp3) is 0.500. The molecule has 2 atom stereocenters. The third kappa shape index (κ3) is 3.93. The highest BCUT2D eigenvalue weighted by atomic mass is 32.2. The number of benzene rings is 1. The molecule has 2 unspecified atom stereocenters. The van der Waals surface area contributed by atoms with E-state index in [0.717, 1.165) is 35.8 Å². The van der Waals surface area contributed by atoms with Crippen LogP contribution >= 0.6 is 23.1 Å². The van der Waals surface area contributed by atoms with Crippen LogP contribution in [0.25, 0.3) is 0 Å². The minimum Gasteiger partial charge on any atom is -0.335 e. The maximum Gasteiger partial charge on any atom is 0.284 e. The number of fused-ring (bicyclic) bond motifs is 1. The lowest BCUT2D eigenvalue weighted by molar-refractivity contribution is -0.387. The lowest BCUT2D eigenvalue weighted by Gasteiger charge is -2.44. The van der Waals surface area contributed by atoms with Gasteiger partial charge in [0.1, 0.15) is 0 Å². The van der Waals surface area contributed by atoms with Crippen molar-refractivity contribution in [3.05, 3.63) is 45.0 Å². The summed E-state index contributed by atoms with van der Waals surface area (Å²) in [4.78, 5) is 31.3. The zero-order valence-electron chi connectivity index (χ0n) is 15.8. The van der Waals surface area contributed by atoms with Crippen LogP contribution in [0.5, 0.6) is 0 Å². The van der Waals surface area contributed by atoms with Crippen LogP contribution in [-0.2, 0) is 0 Å². The molecule has 0 spiro atoms. The summed E-state index contributed by atoms with van der Waals surface area (Å²) >= 11 is 2.74. The molecular formula is C20H23N3O3S2. The van der Waals surface area contributed by atoms with Gasteiger partial charge in [0.05, 0.1) is 9.82 Å². The van der Waals surface area contributed by atoms with Gasteiger partial charge in [0, 0.05) is 35.3 Å². The van der Waals surface area contributed by atoms with Gasteiger partial charge in [-0.15, -0.1) is 11.3 Å². The van der Waals surface area contributed by atoms with Crippen molar-refractivity contribution in [2.45, 2.75) is 60.7 Å². The number of amides is 1. The molecule has 1 aliphatic heterocycles. The fourth-order valence-electron chi connectivity index (χ4n) is 4.40. The van der Waals surface area contributed by atoms with Crippen LogP contribution in [0.3, 0.4) is 0 Å². The topological polar surface area (TPSA) is 76.3 Å². The first-order chi connectivity index (χ1) is 13.5. The third-order valence-corrected chi connectivity index (χ3v) is 7.82. The molecule has 1 amide bonds. The Morgan fingerprint density at radius 2 is 2.07 bits per heavy atom. The van der Waals surface area contributed by atoms with E-state index in [0.29, 0.717) is 22.4 Å². The van der Waals surface area contributed by atoms with E-state index in [1.165, 1.54) is 48.4 Å². The van der Waals surface area contributed by atoms with Gasteiger partial charge in [0.25, 0.3) is 11.6 Å². The van der Waals surface area contributed by atoms with Gasteiger partial charge in [-0.1, -0.05) is 24.6 Å². The molecule has 2 aromatic rings. The SMILES string of the molecule is Cc1csc(Sc2ccc(C(=O)N3CCCC4CCCCC43)cc2[N+](=O)[O-])n1. The first kappa shape index (κ1) is 19.4. The van der Waals surface area contributed by atoms with Gasteiger partial charge in [0.2, 0.25) is 0 Å².